The number of ketones is 1. The number of aliphatic hydroxyl groups is 2. The SMILES string of the molecule is Cc1ccc(C(O)=C2C(=O)C(=O)N(C[C@@H](C)O)[C@H]2c2ccc(N(C)C)cc2)cc1. The van der Waals surface area contributed by atoms with E-state index >= 15 is 0 Å². The van der Waals surface area contributed by atoms with Crippen molar-refractivity contribution in [1.29, 1.82) is 0 Å². The van der Waals surface area contributed by atoms with Crippen LogP contribution in [0.1, 0.15) is 29.7 Å². The Hall–Kier alpha value is -3.12. The predicted molar refractivity (Wildman–Crippen MR) is 113 cm³/mol. The highest BCUT2D eigenvalue weighted by molar-refractivity contribution is 6.46. The first-order chi connectivity index (χ1) is 13.7. The summed E-state index contributed by atoms with van der Waals surface area (Å²) in [6.45, 7) is 3.48. The summed E-state index contributed by atoms with van der Waals surface area (Å²) in [5.74, 6) is -1.68. The summed E-state index contributed by atoms with van der Waals surface area (Å²) in [6, 6.07) is 13.8. The molecule has 0 unspecified atom stereocenters. The molecule has 0 saturated carbocycles. The maximum Gasteiger partial charge on any atom is 0.295 e. The highest BCUT2D eigenvalue weighted by Gasteiger charge is 2.46. The lowest BCUT2D eigenvalue weighted by Crippen LogP contribution is -2.35. The number of nitrogens with zero attached hydrogens (tertiary/aromatic N) is 2. The molecule has 1 amide bonds. The first kappa shape index (κ1) is 20.6. The van der Waals surface area contributed by atoms with Gasteiger partial charge in [-0.25, -0.2) is 0 Å². The van der Waals surface area contributed by atoms with Gasteiger partial charge in [0.2, 0.25) is 0 Å². The normalized spacial score (nSPS) is 19.5. The zero-order valence-corrected chi connectivity index (χ0v) is 17.1. The van der Waals surface area contributed by atoms with Crippen molar-refractivity contribution < 1.29 is 19.8 Å². The van der Waals surface area contributed by atoms with E-state index in [1.165, 1.54) is 4.90 Å². The van der Waals surface area contributed by atoms with E-state index in [0.717, 1.165) is 11.3 Å². The number of benzene rings is 2. The van der Waals surface area contributed by atoms with E-state index in [1.54, 1.807) is 19.1 Å². The van der Waals surface area contributed by atoms with Crippen LogP contribution in [0.25, 0.3) is 5.76 Å². The molecule has 152 valence electrons. The zero-order chi connectivity index (χ0) is 21.3. The number of Topliss-reactive ketones (excluding diaryl/α,β-unsaturated/α-hetero) is 1. The highest BCUT2D eigenvalue weighted by Crippen LogP contribution is 2.39. The number of carbonyl (C=O) groups is 2. The fourth-order valence-corrected chi connectivity index (χ4v) is 3.52. The Labute approximate surface area is 170 Å². The average Bonchev–Trinajstić information content (AvgIpc) is 2.92. The fourth-order valence-electron chi connectivity index (χ4n) is 3.52. The molecule has 6 nitrogen and oxygen atoms in total. The van der Waals surface area contributed by atoms with Crippen molar-refractivity contribution in [3.8, 4) is 0 Å². The number of β-amino-alcohol motifs (C(OH)–C–C–N with tert-alkyl or cyclic N) is 1. The summed E-state index contributed by atoms with van der Waals surface area (Å²) in [5, 5.41) is 20.8. The van der Waals surface area contributed by atoms with E-state index < -0.39 is 23.8 Å². The Kier molecular flexibility index (Phi) is 5.75. The minimum atomic E-state index is -0.809. The molecule has 2 aromatic rings. The number of aliphatic hydroxyl groups excluding tert-OH is 2. The molecule has 2 aromatic carbocycles. The Balaban J connectivity index is 2.15. The van der Waals surface area contributed by atoms with Gasteiger partial charge in [-0.2, -0.15) is 0 Å². The molecule has 3 rings (SSSR count). The summed E-state index contributed by atoms with van der Waals surface area (Å²) in [5.41, 5.74) is 3.20. The van der Waals surface area contributed by atoms with Gasteiger partial charge in [-0.05, 0) is 31.5 Å². The topological polar surface area (TPSA) is 81.1 Å². The highest BCUT2D eigenvalue weighted by atomic mass is 16.3. The summed E-state index contributed by atoms with van der Waals surface area (Å²) < 4.78 is 0. The molecule has 29 heavy (non-hydrogen) atoms. The van der Waals surface area contributed by atoms with Crippen molar-refractivity contribution in [2.24, 2.45) is 0 Å². The first-order valence-corrected chi connectivity index (χ1v) is 9.51. The number of anilines is 1. The molecule has 6 heteroatoms. The molecule has 2 atom stereocenters. The standard InChI is InChI=1S/C23H26N2O4/c1-14-5-7-17(8-6-14)21(27)19-20(16-9-11-18(12-10-16)24(3)4)25(13-15(2)26)23(29)22(19)28/h5-12,15,20,26-27H,13H2,1-4H3/t15-,20+/m1/s1. The molecular weight excluding hydrogens is 368 g/mol. The van der Waals surface area contributed by atoms with Crippen molar-refractivity contribution in [3.63, 3.8) is 0 Å². The maximum absolute atomic E-state index is 12.8. The van der Waals surface area contributed by atoms with Crippen LogP contribution in [-0.2, 0) is 9.59 Å². The van der Waals surface area contributed by atoms with Crippen LogP contribution in [0.15, 0.2) is 54.1 Å². The molecule has 1 fully saturated rings. The van der Waals surface area contributed by atoms with Crippen molar-refractivity contribution in [2.45, 2.75) is 26.0 Å². The molecule has 0 bridgehead atoms. The minimum Gasteiger partial charge on any atom is -0.507 e. The number of aryl methyl sites for hydroxylation is 1. The zero-order valence-electron chi connectivity index (χ0n) is 17.1. The maximum atomic E-state index is 12.8. The van der Waals surface area contributed by atoms with Gasteiger partial charge >= 0.3 is 0 Å². The summed E-state index contributed by atoms with van der Waals surface area (Å²) in [4.78, 5) is 28.8. The summed E-state index contributed by atoms with van der Waals surface area (Å²) in [6.07, 6.45) is -0.809. The molecule has 1 aliphatic heterocycles. The molecule has 0 spiro atoms. The summed E-state index contributed by atoms with van der Waals surface area (Å²) >= 11 is 0. The second-order valence-electron chi connectivity index (χ2n) is 7.65. The van der Waals surface area contributed by atoms with E-state index in [4.69, 9.17) is 0 Å². The van der Waals surface area contributed by atoms with Gasteiger partial charge in [0.25, 0.3) is 11.7 Å². The fraction of sp³-hybridized carbons (Fsp3) is 0.304. The van der Waals surface area contributed by atoms with Crippen LogP contribution in [-0.4, -0.2) is 53.5 Å². The molecular formula is C23H26N2O4. The van der Waals surface area contributed by atoms with Crippen molar-refractivity contribution in [1.82, 2.24) is 4.90 Å². The quantitative estimate of drug-likeness (QED) is 0.463. The van der Waals surface area contributed by atoms with Crippen molar-refractivity contribution in [2.75, 3.05) is 25.5 Å². The predicted octanol–water partition coefficient (Wildman–Crippen LogP) is 2.86. The van der Waals surface area contributed by atoms with Crippen LogP contribution in [0.4, 0.5) is 5.69 Å². The second-order valence-corrected chi connectivity index (χ2v) is 7.65. The number of hydrogen-bond acceptors (Lipinski definition) is 5. The van der Waals surface area contributed by atoms with Crippen molar-refractivity contribution in [3.05, 3.63) is 70.8 Å². The number of likely N-dealkylation sites (tertiary alicyclic amines) is 1. The molecule has 2 N–H and O–H groups in total. The van der Waals surface area contributed by atoms with Crippen molar-refractivity contribution >= 4 is 23.1 Å². The van der Waals surface area contributed by atoms with E-state index in [-0.39, 0.29) is 17.9 Å². The smallest absolute Gasteiger partial charge is 0.295 e. The largest absolute Gasteiger partial charge is 0.507 e. The van der Waals surface area contributed by atoms with Gasteiger partial charge in [-0.15, -0.1) is 0 Å². The van der Waals surface area contributed by atoms with Crippen LogP contribution in [0.5, 0.6) is 0 Å². The second kappa shape index (κ2) is 8.09. The van der Waals surface area contributed by atoms with E-state index in [2.05, 4.69) is 0 Å². The van der Waals surface area contributed by atoms with Crippen LogP contribution < -0.4 is 4.90 Å². The van der Waals surface area contributed by atoms with Gasteiger partial charge in [0.1, 0.15) is 5.76 Å². The number of hydrogen-bond donors (Lipinski definition) is 2. The van der Waals surface area contributed by atoms with Crippen LogP contribution >= 0.6 is 0 Å². The third-order valence-corrected chi connectivity index (χ3v) is 5.05. The van der Waals surface area contributed by atoms with Gasteiger partial charge in [0.05, 0.1) is 17.7 Å². The summed E-state index contributed by atoms with van der Waals surface area (Å²) in [7, 11) is 3.85. The molecule has 0 aliphatic carbocycles. The van der Waals surface area contributed by atoms with Gasteiger partial charge in [-0.1, -0.05) is 42.0 Å². The Bertz CT molecular complexity index is 944. The lowest BCUT2D eigenvalue weighted by Gasteiger charge is -2.26. The monoisotopic (exact) mass is 394 g/mol. The van der Waals surface area contributed by atoms with E-state index in [9.17, 15) is 19.8 Å². The first-order valence-electron chi connectivity index (χ1n) is 9.51. The van der Waals surface area contributed by atoms with E-state index in [0.29, 0.717) is 11.1 Å². The minimum absolute atomic E-state index is 0.00461. The van der Waals surface area contributed by atoms with Crippen LogP contribution in [0.2, 0.25) is 0 Å². The van der Waals surface area contributed by atoms with Crippen LogP contribution in [0.3, 0.4) is 0 Å². The average molecular weight is 394 g/mol. The van der Waals surface area contributed by atoms with Gasteiger partial charge in [-0.3, -0.25) is 9.59 Å². The molecule has 0 aromatic heterocycles. The lowest BCUT2D eigenvalue weighted by atomic mass is 9.94. The number of rotatable bonds is 5. The van der Waals surface area contributed by atoms with Gasteiger partial charge in [0.15, 0.2) is 0 Å². The lowest BCUT2D eigenvalue weighted by molar-refractivity contribution is -0.140. The number of amides is 1. The molecule has 1 aliphatic rings. The third kappa shape index (κ3) is 4.03. The molecule has 1 heterocycles. The van der Waals surface area contributed by atoms with E-state index in [1.807, 2.05) is 62.3 Å². The Morgan fingerprint density at radius 3 is 2.17 bits per heavy atom. The Morgan fingerprint density at radius 2 is 1.66 bits per heavy atom. The molecule has 1 saturated heterocycles. The number of carbonyl (C=O) groups excluding carboxylic acids is 2. The Morgan fingerprint density at radius 1 is 1.07 bits per heavy atom. The third-order valence-electron chi connectivity index (χ3n) is 5.05. The van der Waals surface area contributed by atoms with Crippen LogP contribution in [0, 0.1) is 6.92 Å². The van der Waals surface area contributed by atoms with Gasteiger partial charge in [0, 0.05) is 31.9 Å². The molecule has 0 radical (unpaired) electrons. The van der Waals surface area contributed by atoms with Gasteiger partial charge < -0.3 is 20.0 Å².